The molecule has 3 heteroatoms. The number of esters is 1. The number of ether oxygens (including phenoxy) is 1. The lowest BCUT2D eigenvalue weighted by Crippen LogP contribution is -2.26. The number of nitriles is 1. The van der Waals surface area contributed by atoms with E-state index in [4.69, 9.17) is 10.00 Å². The van der Waals surface area contributed by atoms with Gasteiger partial charge in [0.1, 0.15) is 11.8 Å². The molecule has 1 aliphatic carbocycles. The van der Waals surface area contributed by atoms with Gasteiger partial charge < -0.3 is 4.74 Å². The first-order valence-corrected chi connectivity index (χ1v) is 8.45. The van der Waals surface area contributed by atoms with E-state index in [-0.39, 0.29) is 11.9 Å². The van der Waals surface area contributed by atoms with E-state index in [0.717, 1.165) is 31.6 Å². The Balaban J connectivity index is 1.81. The van der Waals surface area contributed by atoms with E-state index < -0.39 is 0 Å². The van der Waals surface area contributed by atoms with Gasteiger partial charge in [0, 0.05) is 0 Å². The zero-order chi connectivity index (χ0) is 15.8. The van der Waals surface area contributed by atoms with Crippen molar-refractivity contribution in [2.45, 2.75) is 58.3 Å². The van der Waals surface area contributed by atoms with Gasteiger partial charge in [-0.25, -0.2) is 0 Å². The number of unbranched alkanes of at least 4 members (excludes halogenated alkanes) is 2. The van der Waals surface area contributed by atoms with Gasteiger partial charge in [0.25, 0.3) is 0 Å². The molecular formula is C19H25NO2. The molecule has 1 aromatic rings. The smallest absolute Gasteiger partial charge is 0.314 e. The molecule has 1 aromatic carbocycles. The number of carbonyl (C=O) groups excluding carboxylic acids is 1. The minimum absolute atomic E-state index is 0.00539. The van der Waals surface area contributed by atoms with E-state index >= 15 is 0 Å². The maximum absolute atomic E-state index is 12.3. The zero-order valence-electron chi connectivity index (χ0n) is 13.4. The number of hydrogen-bond donors (Lipinski definition) is 0. The molecule has 0 radical (unpaired) electrons. The number of rotatable bonds is 6. The molecule has 0 aliphatic heterocycles. The van der Waals surface area contributed by atoms with E-state index in [1.165, 1.54) is 25.7 Å². The van der Waals surface area contributed by atoms with Crippen LogP contribution in [0.1, 0.15) is 63.9 Å². The summed E-state index contributed by atoms with van der Waals surface area (Å²) in [6.07, 6.45) is 9.28. The SMILES string of the molecule is CCCCCC1CCC(C(=O)Oc2ccccc2C#N)CC1. The van der Waals surface area contributed by atoms with Crippen LogP contribution in [0.25, 0.3) is 0 Å². The molecule has 2 rings (SSSR count). The normalized spacial score (nSPS) is 21.1. The maximum Gasteiger partial charge on any atom is 0.314 e. The maximum atomic E-state index is 12.3. The summed E-state index contributed by atoms with van der Waals surface area (Å²) in [4.78, 5) is 12.3. The minimum Gasteiger partial charge on any atom is -0.425 e. The van der Waals surface area contributed by atoms with Crippen molar-refractivity contribution in [3.8, 4) is 11.8 Å². The highest BCUT2D eigenvalue weighted by Gasteiger charge is 2.27. The zero-order valence-corrected chi connectivity index (χ0v) is 13.4. The summed E-state index contributed by atoms with van der Waals surface area (Å²) < 4.78 is 5.45. The van der Waals surface area contributed by atoms with Crippen molar-refractivity contribution in [3.05, 3.63) is 29.8 Å². The summed E-state index contributed by atoms with van der Waals surface area (Å²) in [6.45, 7) is 2.23. The first kappa shape index (κ1) is 16.5. The van der Waals surface area contributed by atoms with Gasteiger partial charge in [-0.3, -0.25) is 4.79 Å². The first-order chi connectivity index (χ1) is 10.7. The lowest BCUT2D eigenvalue weighted by Gasteiger charge is -2.27. The van der Waals surface area contributed by atoms with Crippen LogP contribution in [0.4, 0.5) is 0 Å². The van der Waals surface area contributed by atoms with Gasteiger partial charge >= 0.3 is 5.97 Å². The van der Waals surface area contributed by atoms with Crippen molar-refractivity contribution in [2.75, 3.05) is 0 Å². The highest BCUT2D eigenvalue weighted by atomic mass is 16.5. The predicted octanol–water partition coefficient (Wildman–Crippen LogP) is 4.85. The Morgan fingerprint density at radius 2 is 1.95 bits per heavy atom. The summed E-state index contributed by atoms with van der Waals surface area (Å²) in [6, 6.07) is 8.98. The average Bonchev–Trinajstić information content (AvgIpc) is 2.56. The summed E-state index contributed by atoms with van der Waals surface area (Å²) in [5, 5.41) is 9.04. The van der Waals surface area contributed by atoms with Crippen LogP contribution < -0.4 is 4.74 Å². The second-order valence-electron chi connectivity index (χ2n) is 6.24. The Bertz CT molecular complexity index is 524. The van der Waals surface area contributed by atoms with Gasteiger partial charge in [0.2, 0.25) is 0 Å². The Morgan fingerprint density at radius 3 is 2.64 bits per heavy atom. The van der Waals surface area contributed by atoms with Gasteiger partial charge in [-0.1, -0.05) is 44.7 Å². The van der Waals surface area contributed by atoms with E-state index in [9.17, 15) is 4.79 Å². The molecule has 3 nitrogen and oxygen atoms in total. The van der Waals surface area contributed by atoms with Crippen molar-refractivity contribution in [1.29, 1.82) is 5.26 Å². The average molecular weight is 299 g/mol. The molecule has 0 unspecified atom stereocenters. The van der Waals surface area contributed by atoms with Crippen molar-refractivity contribution in [1.82, 2.24) is 0 Å². The second-order valence-corrected chi connectivity index (χ2v) is 6.24. The molecule has 0 spiro atoms. The van der Waals surface area contributed by atoms with Crippen LogP contribution in [0.3, 0.4) is 0 Å². The predicted molar refractivity (Wildman–Crippen MR) is 86.4 cm³/mol. The fourth-order valence-electron chi connectivity index (χ4n) is 3.21. The molecule has 0 atom stereocenters. The number of nitrogens with zero attached hydrogens (tertiary/aromatic N) is 1. The van der Waals surface area contributed by atoms with Crippen LogP contribution in [0.2, 0.25) is 0 Å². The lowest BCUT2D eigenvalue weighted by molar-refractivity contribution is -0.140. The van der Waals surface area contributed by atoms with E-state index in [0.29, 0.717) is 11.3 Å². The minimum atomic E-state index is -0.172. The molecule has 0 aromatic heterocycles. The van der Waals surface area contributed by atoms with E-state index in [1.54, 1.807) is 24.3 Å². The van der Waals surface area contributed by atoms with Crippen molar-refractivity contribution < 1.29 is 9.53 Å². The molecule has 118 valence electrons. The highest BCUT2D eigenvalue weighted by Crippen LogP contribution is 2.33. The van der Waals surface area contributed by atoms with Crippen LogP contribution >= 0.6 is 0 Å². The van der Waals surface area contributed by atoms with Crippen LogP contribution in [-0.2, 0) is 4.79 Å². The van der Waals surface area contributed by atoms with Crippen LogP contribution in [-0.4, -0.2) is 5.97 Å². The fourth-order valence-corrected chi connectivity index (χ4v) is 3.21. The molecule has 0 amide bonds. The quantitative estimate of drug-likeness (QED) is 0.428. The topological polar surface area (TPSA) is 50.1 Å². The summed E-state index contributed by atoms with van der Waals surface area (Å²) in [5.74, 6) is 0.992. The number of carbonyl (C=O) groups is 1. The number of hydrogen-bond acceptors (Lipinski definition) is 3. The molecule has 22 heavy (non-hydrogen) atoms. The number of para-hydroxylation sites is 1. The Morgan fingerprint density at radius 1 is 1.23 bits per heavy atom. The Kier molecular flexibility index (Phi) is 6.45. The largest absolute Gasteiger partial charge is 0.425 e. The third kappa shape index (κ3) is 4.59. The molecule has 1 fully saturated rings. The second kappa shape index (κ2) is 8.58. The first-order valence-electron chi connectivity index (χ1n) is 8.45. The number of benzene rings is 1. The monoisotopic (exact) mass is 299 g/mol. The molecule has 0 bridgehead atoms. The summed E-state index contributed by atoms with van der Waals surface area (Å²) in [5.41, 5.74) is 0.420. The van der Waals surface area contributed by atoms with Crippen LogP contribution in [0, 0.1) is 23.2 Å². The van der Waals surface area contributed by atoms with Crippen molar-refractivity contribution in [2.24, 2.45) is 11.8 Å². The third-order valence-corrected chi connectivity index (χ3v) is 4.61. The summed E-state index contributed by atoms with van der Waals surface area (Å²) >= 11 is 0. The van der Waals surface area contributed by atoms with Gasteiger partial charge in [0.05, 0.1) is 11.5 Å². The van der Waals surface area contributed by atoms with Gasteiger partial charge in [0.15, 0.2) is 0 Å². The van der Waals surface area contributed by atoms with Gasteiger partial charge in [-0.15, -0.1) is 0 Å². The Hall–Kier alpha value is -1.82. The van der Waals surface area contributed by atoms with E-state index in [1.807, 2.05) is 0 Å². The van der Waals surface area contributed by atoms with Crippen LogP contribution in [0.5, 0.6) is 5.75 Å². The third-order valence-electron chi connectivity index (χ3n) is 4.61. The molecule has 1 saturated carbocycles. The molecule has 1 aliphatic rings. The van der Waals surface area contributed by atoms with E-state index in [2.05, 4.69) is 13.0 Å². The molecule has 0 N–H and O–H groups in total. The fraction of sp³-hybridized carbons (Fsp3) is 0.579. The van der Waals surface area contributed by atoms with Crippen molar-refractivity contribution >= 4 is 5.97 Å². The summed E-state index contributed by atoms with van der Waals surface area (Å²) in [7, 11) is 0. The molecule has 0 saturated heterocycles. The Labute approximate surface area is 133 Å². The molecular weight excluding hydrogens is 274 g/mol. The van der Waals surface area contributed by atoms with Crippen molar-refractivity contribution in [3.63, 3.8) is 0 Å². The van der Waals surface area contributed by atoms with Gasteiger partial charge in [-0.2, -0.15) is 5.26 Å². The highest BCUT2D eigenvalue weighted by molar-refractivity contribution is 5.76. The molecule has 0 heterocycles. The van der Waals surface area contributed by atoms with Gasteiger partial charge in [-0.05, 0) is 43.7 Å². The standard InChI is InChI=1S/C19H25NO2/c1-2-3-4-7-15-10-12-16(13-11-15)19(21)22-18-9-6-5-8-17(18)14-20/h5-6,8-9,15-16H,2-4,7,10-13H2,1H3. The van der Waals surface area contributed by atoms with Crippen LogP contribution in [0.15, 0.2) is 24.3 Å². The lowest BCUT2D eigenvalue weighted by atomic mass is 9.80.